The van der Waals surface area contributed by atoms with Crippen LogP contribution in [0.4, 0.5) is 11.4 Å². The Hall–Kier alpha value is -1.79. The zero-order chi connectivity index (χ0) is 14.8. The van der Waals surface area contributed by atoms with E-state index in [9.17, 15) is 9.59 Å². The molecule has 1 saturated heterocycles. The van der Waals surface area contributed by atoms with Crippen LogP contribution in [-0.4, -0.2) is 30.5 Å². The van der Waals surface area contributed by atoms with Gasteiger partial charge in [0, 0.05) is 18.2 Å². The van der Waals surface area contributed by atoms with Crippen molar-refractivity contribution in [2.24, 2.45) is 0 Å². The Bertz CT molecular complexity index is 573. The third-order valence-corrected chi connectivity index (χ3v) is 3.79. The summed E-state index contributed by atoms with van der Waals surface area (Å²) in [4.78, 5) is 23.6. The van der Waals surface area contributed by atoms with Gasteiger partial charge in [0.25, 0.3) is 5.91 Å². The summed E-state index contributed by atoms with van der Waals surface area (Å²) in [5.41, 5.74) is 1.25. The maximum atomic E-state index is 12.0. The number of hydrogen-bond donors (Lipinski definition) is 3. The highest BCUT2D eigenvalue weighted by Crippen LogP contribution is 2.32. The van der Waals surface area contributed by atoms with Gasteiger partial charge in [0.1, 0.15) is 5.75 Å². The summed E-state index contributed by atoms with van der Waals surface area (Å²) < 4.78 is 5.48. The number of halogens is 1. The second-order valence-electron chi connectivity index (χ2n) is 5.51. The Labute approximate surface area is 135 Å². The Morgan fingerprint density at radius 1 is 1.45 bits per heavy atom. The lowest BCUT2D eigenvalue weighted by atomic mass is 10.1. The molecule has 120 valence electrons. The summed E-state index contributed by atoms with van der Waals surface area (Å²) in [6, 6.07) is 5.53. The van der Waals surface area contributed by atoms with Crippen LogP contribution in [0.25, 0.3) is 0 Å². The van der Waals surface area contributed by atoms with Gasteiger partial charge in [-0.05, 0) is 44.5 Å². The number of ether oxygens (including phenoxy) is 1. The summed E-state index contributed by atoms with van der Waals surface area (Å²) >= 11 is 0. The van der Waals surface area contributed by atoms with Crippen LogP contribution in [0.1, 0.15) is 26.2 Å². The molecule has 1 aromatic rings. The van der Waals surface area contributed by atoms with Gasteiger partial charge in [-0.2, -0.15) is 0 Å². The number of hydrogen-bond acceptors (Lipinski definition) is 4. The third kappa shape index (κ3) is 3.69. The van der Waals surface area contributed by atoms with Crippen LogP contribution in [0.15, 0.2) is 18.2 Å². The summed E-state index contributed by atoms with van der Waals surface area (Å²) in [6.07, 6.45) is 2.14. The first kappa shape index (κ1) is 16.6. The standard InChI is InChI=1S/C15H19N3O3.ClH/c1-9-15(20)18-12-7-11(4-5-13(12)21-9)17-14(19)8-10-3-2-6-16-10;/h4-5,7,9-10,16H,2-3,6,8H2,1H3,(H,17,19)(H,18,20);1H. The van der Waals surface area contributed by atoms with Crippen molar-refractivity contribution in [3.05, 3.63) is 18.2 Å². The van der Waals surface area contributed by atoms with Crippen molar-refractivity contribution in [1.29, 1.82) is 0 Å². The first-order valence-electron chi connectivity index (χ1n) is 7.26. The van der Waals surface area contributed by atoms with Crippen LogP contribution in [0, 0.1) is 0 Å². The highest BCUT2D eigenvalue weighted by molar-refractivity contribution is 5.99. The smallest absolute Gasteiger partial charge is 0.265 e. The van der Waals surface area contributed by atoms with Crippen molar-refractivity contribution >= 4 is 35.6 Å². The van der Waals surface area contributed by atoms with E-state index in [2.05, 4.69) is 16.0 Å². The molecule has 1 fully saturated rings. The largest absolute Gasteiger partial charge is 0.479 e. The lowest BCUT2D eigenvalue weighted by molar-refractivity contribution is -0.122. The molecule has 2 atom stereocenters. The number of amides is 2. The molecule has 7 heteroatoms. The fourth-order valence-corrected chi connectivity index (χ4v) is 2.65. The lowest BCUT2D eigenvalue weighted by Gasteiger charge is -2.23. The minimum atomic E-state index is -0.494. The maximum absolute atomic E-state index is 12.0. The summed E-state index contributed by atoms with van der Waals surface area (Å²) in [5.74, 6) is 0.421. The molecule has 22 heavy (non-hydrogen) atoms. The van der Waals surface area contributed by atoms with Crippen molar-refractivity contribution < 1.29 is 14.3 Å². The number of rotatable bonds is 3. The molecule has 1 aromatic carbocycles. The van der Waals surface area contributed by atoms with E-state index in [4.69, 9.17) is 4.74 Å². The van der Waals surface area contributed by atoms with Crippen LogP contribution < -0.4 is 20.7 Å². The van der Waals surface area contributed by atoms with E-state index in [-0.39, 0.29) is 30.3 Å². The Kier molecular flexibility index (Phi) is 5.26. The van der Waals surface area contributed by atoms with Gasteiger partial charge in [0.2, 0.25) is 5.91 Å². The van der Waals surface area contributed by atoms with Crippen molar-refractivity contribution in [1.82, 2.24) is 5.32 Å². The zero-order valence-electron chi connectivity index (χ0n) is 12.3. The van der Waals surface area contributed by atoms with Gasteiger partial charge in [0.05, 0.1) is 5.69 Å². The van der Waals surface area contributed by atoms with Gasteiger partial charge in [-0.3, -0.25) is 9.59 Å². The van der Waals surface area contributed by atoms with Gasteiger partial charge in [-0.1, -0.05) is 0 Å². The average Bonchev–Trinajstić information content (AvgIpc) is 2.93. The quantitative estimate of drug-likeness (QED) is 0.793. The van der Waals surface area contributed by atoms with E-state index in [0.29, 0.717) is 23.5 Å². The molecule has 0 spiro atoms. The maximum Gasteiger partial charge on any atom is 0.265 e. The summed E-state index contributed by atoms with van der Waals surface area (Å²) in [6.45, 7) is 2.68. The first-order chi connectivity index (χ1) is 10.1. The van der Waals surface area contributed by atoms with Gasteiger partial charge in [-0.25, -0.2) is 0 Å². The Balaban J connectivity index is 0.00000176. The Morgan fingerprint density at radius 2 is 2.27 bits per heavy atom. The van der Waals surface area contributed by atoms with Gasteiger partial charge < -0.3 is 20.7 Å². The molecule has 2 aliphatic heterocycles. The van der Waals surface area contributed by atoms with Gasteiger partial charge >= 0.3 is 0 Å². The zero-order valence-corrected chi connectivity index (χ0v) is 13.2. The van der Waals surface area contributed by atoms with Crippen LogP contribution in [0.5, 0.6) is 5.75 Å². The summed E-state index contributed by atoms with van der Waals surface area (Å²) in [7, 11) is 0. The minimum Gasteiger partial charge on any atom is -0.479 e. The van der Waals surface area contributed by atoms with Crippen LogP contribution in [-0.2, 0) is 9.59 Å². The van der Waals surface area contributed by atoms with E-state index in [0.717, 1.165) is 19.4 Å². The second-order valence-corrected chi connectivity index (χ2v) is 5.51. The lowest BCUT2D eigenvalue weighted by Crippen LogP contribution is -2.34. The predicted molar refractivity (Wildman–Crippen MR) is 86.7 cm³/mol. The SMILES string of the molecule is CC1Oc2ccc(NC(=O)CC3CCCN3)cc2NC1=O.Cl. The van der Waals surface area contributed by atoms with Crippen LogP contribution >= 0.6 is 12.4 Å². The molecule has 0 radical (unpaired) electrons. The molecule has 0 bridgehead atoms. The number of benzene rings is 1. The first-order valence-corrected chi connectivity index (χ1v) is 7.26. The van der Waals surface area contributed by atoms with E-state index < -0.39 is 6.10 Å². The van der Waals surface area contributed by atoms with E-state index in [1.807, 2.05) is 0 Å². The van der Waals surface area contributed by atoms with Crippen molar-refractivity contribution in [3.63, 3.8) is 0 Å². The normalized spacial score (nSPS) is 22.9. The molecule has 2 aliphatic rings. The molecule has 3 rings (SSSR count). The van der Waals surface area contributed by atoms with E-state index in [1.165, 1.54) is 0 Å². The fourth-order valence-electron chi connectivity index (χ4n) is 2.65. The van der Waals surface area contributed by atoms with Crippen LogP contribution in [0.3, 0.4) is 0 Å². The molecule has 3 N–H and O–H groups in total. The number of nitrogens with one attached hydrogen (secondary N) is 3. The molecule has 0 aromatic heterocycles. The van der Waals surface area contributed by atoms with Crippen molar-refractivity contribution in [2.45, 2.75) is 38.3 Å². The topological polar surface area (TPSA) is 79.5 Å². The van der Waals surface area contributed by atoms with Gasteiger partial charge in [0.15, 0.2) is 6.10 Å². The van der Waals surface area contributed by atoms with E-state index in [1.54, 1.807) is 25.1 Å². The highest BCUT2D eigenvalue weighted by atomic mass is 35.5. The monoisotopic (exact) mass is 325 g/mol. The van der Waals surface area contributed by atoms with Gasteiger partial charge in [-0.15, -0.1) is 12.4 Å². The average molecular weight is 326 g/mol. The van der Waals surface area contributed by atoms with E-state index >= 15 is 0 Å². The third-order valence-electron chi connectivity index (χ3n) is 3.79. The molecule has 2 amide bonds. The molecule has 0 saturated carbocycles. The summed E-state index contributed by atoms with van der Waals surface area (Å²) in [5, 5.41) is 8.92. The predicted octanol–water partition coefficient (Wildman–Crippen LogP) is 1.91. The second kappa shape index (κ2) is 6.98. The highest BCUT2D eigenvalue weighted by Gasteiger charge is 2.24. The number of carbonyl (C=O) groups excluding carboxylic acids is 2. The number of anilines is 2. The molecular formula is C15H20ClN3O3. The molecular weight excluding hydrogens is 306 g/mol. The van der Waals surface area contributed by atoms with Crippen molar-refractivity contribution in [3.8, 4) is 5.75 Å². The molecule has 6 nitrogen and oxygen atoms in total. The van der Waals surface area contributed by atoms with Crippen LogP contribution in [0.2, 0.25) is 0 Å². The molecule has 2 unspecified atom stereocenters. The molecule has 2 heterocycles. The minimum absolute atomic E-state index is 0. The number of fused-ring (bicyclic) bond motifs is 1. The fraction of sp³-hybridized carbons (Fsp3) is 0.467. The number of carbonyl (C=O) groups is 2. The Morgan fingerprint density at radius 3 is 3.00 bits per heavy atom. The molecule has 0 aliphatic carbocycles. The van der Waals surface area contributed by atoms with Crippen molar-refractivity contribution in [2.75, 3.05) is 17.2 Å².